The molecule has 0 saturated heterocycles. The van der Waals surface area contributed by atoms with Gasteiger partial charge in [-0.25, -0.2) is 9.38 Å². The number of aliphatic imine (C=N–C) groups is 1. The van der Waals surface area contributed by atoms with Gasteiger partial charge >= 0.3 is 6.18 Å². The predicted molar refractivity (Wildman–Crippen MR) is 97.6 cm³/mol. The summed E-state index contributed by atoms with van der Waals surface area (Å²) in [5, 5.41) is 9.24. The van der Waals surface area contributed by atoms with E-state index in [-0.39, 0.29) is 28.9 Å². The smallest absolute Gasteiger partial charge is 0.386 e. The molecule has 0 fully saturated rings. The first-order valence-corrected chi connectivity index (χ1v) is 8.70. The van der Waals surface area contributed by atoms with Crippen molar-refractivity contribution in [3.05, 3.63) is 70.1 Å². The standard InChI is InChI=1S/C19H11ClF4N4O/c20-11-2-3-14(21)13(7-11)18-26-16(27-29-18)9-28-6-5-12-15(28)4-1-10(8-25)17(12)19(22,23)24/h1-7,16,27H,9H2. The molecule has 4 rings (SSSR count). The van der Waals surface area contributed by atoms with Crippen LogP contribution >= 0.6 is 11.6 Å². The molecule has 5 nitrogen and oxygen atoms in total. The van der Waals surface area contributed by atoms with Gasteiger partial charge in [0.1, 0.15) is 5.82 Å². The minimum Gasteiger partial charge on any atom is -0.386 e. The average Bonchev–Trinajstić information content (AvgIpc) is 3.29. The maximum Gasteiger partial charge on any atom is 0.418 e. The zero-order valence-corrected chi connectivity index (χ0v) is 15.2. The molecule has 2 heterocycles. The van der Waals surface area contributed by atoms with Crippen molar-refractivity contribution >= 4 is 28.4 Å². The highest BCUT2D eigenvalue weighted by Gasteiger charge is 2.36. The molecule has 10 heteroatoms. The summed E-state index contributed by atoms with van der Waals surface area (Å²) in [5.41, 5.74) is 1.56. The summed E-state index contributed by atoms with van der Waals surface area (Å²) in [5.74, 6) is -0.574. The molecule has 0 bridgehead atoms. The summed E-state index contributed by atoms with van der Waals surface area (Å²) in [7, 11) is 0. The Morgan fingerprint density at radius 2 is 2.03 bits per heavy atom. The second-order valence-electron chi connectivity index (χ2n) is 6.29. The number of hydrogen-bond acceptors (Lipinski definition) is 4. The Morgan fingerprint density at radius 1 is 1.24 bits per heavy atom. The Balaban J connectivity index is 1.67. The molecule has 0 radical (unpaired) electrons. The second-order valence-corrected chi connectivity index (χ2v) is 6.73. The van der Waals surface area contributed by atoms with Gasteiger partial charge in [0, 0.05) is 22.1 Å². The van der Waals surface area contributed by atoms with Crippen LogP contribution < -0.4 is 5.48 Å². The van der Waals surface area contributed by atoms with Gasteiger partial charge in [0.25, 0.3) is 0 Å². The molecule has 148 valence electrons. The van der Waals surface area contributed by atoms with Gasteiger partial charge in [-0.05, 0) is 36.4 Å². The zero-order chi connectivity index (χ0) is 20.8. The largest absolute Gasteiger partial charge is 0.418 e. The number of nitriles is 1. The Labute approximate surface area is 166 Å². The fourth-order valence-corrected chi connectivity index (χ4v) is 3.37. The Morgan fingerprint density at radius 3 is 2.76 bits per heavy atom. The molecule has 1 atom stereocenters. The lowest BCUT2D eigenvalue weighted by molar-refractivity contribution is -0.136. The van der Waals surface area contributed by atoms with E-state index in [2.05, 4.69) is 10.5 Å². The van der Waals surface area contributed by atoms with Gasteiger partial charge in [-0.15, -0.1) is 5.48 Å². The fourth-order valence-electron chi connectivity index (χ4n) is 3.20. The fraction of sp³-hybridized carbons (Fsp3) is 0.158. The zero-order valence-electron chi connectivity index (χ0n) is 14.5. The Kier molecular flexibility index (Phi) is 4.68. The van der Waals surface area contributed by atoms with Crippen LogP contribution in [0.1, 0.15) is 16.7 Å². The third kappa shape index (κ3) is 3.52. The molecule has 29 heavy (non-hydrogen) atoms. The Hall–Kier alpha value is -3.09. The molecule has 1 aliphatic rings. The number of benzene rings is 2. The highest BCUT2D eigenvalue weighted by Crippen LogP contribution is 2.37. The van der Waals surface area contributed by atoms with Gasteiger partial charge < -0.3 is 9.40 Å². The third-order valence-electron chi connectivity index (χ3n) is 4.45. The lowest BCUT2D eigenvalue weighted by atomic mass is 10.0. The molecule has 3 aromatic rings. The molecular formula is C19H11ClF4N4O. The number of fused-ring (bicyclic) bond motifs is 1. The summed E-state index contributed by atoms with van der Waals surface area (Å²) in [6.07, 6.45) is -3.86. The van der Waals surface area contributed by atoms with Crippen molar-refractivity contribution in [1.82, 2.24) is 10.0 Å². The molecule has 0 spiro atoms. The van der Waals surface area contributed by atoms with Crippen LogP contribution in [0.2, 0.25) is 5.02 Å². The average molecular weight is 423 g/mol. The van der Waals surface area contributed by atoms with Crippen LogP contribution in [0.5, 0.6) is 0 Å². The number of nitrogens with zero attached hydrogens (tertiary/aromatic N) is 3. The van der Waals surface area contributed by atoms with E-state index >= 15 is 0 Å². The summed E-state index contributed by atoms with van der Waals surface area (Å²) in [4.78, 5) is 9.46. The first-order valence-electron chi connectivity index (χ1n) is 8.32. The number of alkyl halides is 3. The number of rotatable bonds is 3. The second kappa shape index (κ2) is 7.06. The number of hydroxylamine groups is 1. The van der Waals surface area contributed by atoms with Crippen LogP contribution in [0.25, 0.3) is 10.9 Å². The molecule has 1 aromatic heterocycles. The van der Waals surface area contributed by atoms with Gasteiger partial charge in [-0.3, -0.25) is 0 Å². The lowest BCUT2D eigenvalue weighted by Gasteiger charge is -2.12. The molecule has 1 N–H and O–H groups in total. The maximum atomic E-state index is 14.0. The SMILES string of the molecule is N#Cc1ccc2c(ccn2CC2N=C(c3cc(Cl)ccc3F)ON2)c1C(F)(F)F. The van der Waals surface area contributed by atoms with Crippen LogP contribution in [0.15, 0.2) is 47.6 Å². The van der Waals surface area contributed by atoms with E-state index in [1.54, 1.807) is 10.6 Å². The Bertz CT molecular complexity index is 1180. The quantitative estimate of drug-likeness (QED) is 0.626. The molecule has 1 aliphatic heterocycles. The number of halogens is 5. The summed E-state index contributed by atoms with van der Waals surface area (Å²) >= 11 is 5.87. The van der Waals surface area contributed by atoms with Crippen LogP contribution in [0.3, 0.4) is 0 Å². The van der Waals surface area contributed by atoms with E-state index in [0.717, 1.165) is 6.07 Å². The first kappa shape index (κ1) is 19.2. The van der Waals surface area contributed by atoms with Crippen molar-refractivity contribution in [2.75, 3.05) is 0 Å². The van der Waals surface area contributed by atoms with E-state index < -0.39 is 29.3 Å². The third-order valence-corrected chi connectivity index (χ3v) is 4.69. The van der Waals surface area contributed by atoms with Gasteiger partial charge in [0.15, 0.2) is 6.17 Å². The number of aromatic nitrogens is 1. The van der Waals surface area contributed by atoms with Crippen LogP contribution in [0, 0.1) is 17.1 Å². The van der Waals surface area contributed by atoms with Crippen molar-refractivity contribution in [3.63, 3.8) is 0 Å². The molecular weight excluding hydrogens is 412 g/mol. The number of nitrogens with one attached hydrogen (secondary N) is 1. The van der Waals surface area contributed by atoms with Crippen molar-refractivity contribution in [3.8, 4) is 6.07 Å². The van der Waals surface area contributed by atoms with Crippen LogP contribution in [-0.2, 0) is 17.6 Å². The van der Waals surface area contributed by atoms with E-state index in [0.29, 0.717) is 5.02 Å². The minimum absolute atomic E-state index is 0.00536. The number of hydrogen-bond donors (Lipinski definition) is 1. The van der Waals surface area contributed by atoms with Crippen molar-refractivity contribution in [2.45, 2.75) is 18.9 Å². The van der Waals surface area contributed by atoms with Crippen molar-refractivity contribution < 1.29 is 22.4 Å². The van der Waals surface area contributed by atoms with E-state index in [9.17, 15) is 17.6 Å². The molecule has 0 saturated carbocycles. The van der Waals surface area contributed by atoms with Gasteiger partial charge in [0.05, 0.1) is 29.3 Å². The summed E-state index contributed by atoms with van der Waals surface area (Å²) in [6.45, 7) is 0.123. The highest BCUT2D eigenvalue weighted by molar-refractivity contribution is 6.31. The molecule has 1 unspecified atom stereocenters. The highest BCUT2D eigenvalue weighted by atomic mass is 35.5. The summed E-state index contributed by atoms with van der Waals surface area (Å²) in [6, 6.07) is 9.40. The molecule has 0 aliphatic carbocycles. The maximum absolute atomic E-state index is 14.0. The monoisotopic (exact) mass is 422 g/mol. The van der Waals surface area contributed by atoms with Crippen LogP contribution in [0.4, 0.5) is 17.6 Å². The van der Waals surface area contributed by atoms with Gasteiger partial charge in [-0.2, -0.15) is 18.4 Å². The lowest BCUT2D eigenvalue weighted by Crippen LogP contribution is -2.26. The first-order chi connectivity index (χ1) is 13.8. The molecule has 0 amide bonds. The van der Waals surface area contributed by atoms with E-state index in [1.807, 2.05) is 0 Å². The van der Waals surface area contributed by atoms with E-state index in [4.69, 9.17) is 21.7 Å². The normalized spacial score (nSPS) is 16.6. The topological polar surface area (TPSA) is 62.3 Å². The van der Waals surface area contributed by atoms with Crippen molar-refractivity contribution in [1.29, 1.82) is 5.26 Å². The predicted octanol–water partition coefficient (Wildman–Crippen LogP) is 4.63. The summed E-state index contributed by atoms with van der Waals surface area (Å²) < 4.78 is 55.8. The van der Waals surface area contributed by atoms with Crippen LogP contribution in [-0.4, -0.2) is 16.6 Å². The molecule has 2 aromatic carbocycles. The van der Waals surface area contributed by atoms with E-state index in [1.165, 1.54) is 36.5 Å². The van der Waals surface area contributed by atoms with Gasteiger partial charge in [0.2, 0.25) is 5.90 Å². The van der Waals surface area contributed by atoms with Crippen molar-refractivity contribution in [2.24, 2.45) is 4.99 Å². The van der Waals surface area contributed by atoms with Gasteiger partial charge in [-0.1, -0.05) is 11.6 Å². The minimum atomic E-state index is -4.67.